The number of methoxy groups -OCH3 is 1. The SMILES string of the molecule is CN=C(NCCOC)NCc1cccc(NC(=O)C2CCCC2)c1.I. The maximum atomic E-state index is 12.2. The molecule has 1 aliphatic carbocycles. The van der Waals surface area contributed by atoms with Crippen LogP contribution in [-0.2, 0) is 16.1 Å². The van der Waals surface area contributed by atoms with Gasteiger partial charge in [-0.3, -0.25) is 9.79 Å². The van der Waals surface area contributed by atoms with E-state index in [9.17, 15) is 4.79 Å². The van der Waals surface area contributed by atoms with Crippen molar-refractivity contribution >= 4 is 41.5 Å². The number of ether oxygens (including phenoxy) is 1. The molecule has 0 saturated heterocycles. The molecule has 0 aliphatic heterocycles. The Morgan fingerprint density at radius 3 is 2.72 bits per heavy atom. The summed E-state index contributed by atoms with van der Waals surface area (Å²) in [6, 6.07) is 7.92. The number of carbonyl (C=O) groups is 1. The monoisotopic (exact) mass is 460 g/mol. The van der Waals surface area contributed by atoms with E-state index in [4.69, 9.17) is 4.74 Å². The molecule has 1 aromatic rings. The van der Waals surface area contributed by atoms with Gasteiger partial charge in [-0.05, 0) is 30.5 Å². The average molecular weight is 460 g/mol. The van der Waals surface area contributed by atoms with Crippen molar-refractivity contribution in [1.29, 1.82) is 0 Å². The van der Waals surface area contributed by atoms with Crippen LogP contribution in [0.3, 0.4) is 0 Å². The highest BCUT2D eigenvalue weighted by molar-refractivity contribution is 14.0. The fourth-order valence-corrected chi connectivity index (χ4v) is 2.87. The molecule has 0 unspecified atom stereocenters. The third-order valence-electron chi connectivity index (χ3n) is 4.20. The summed E-state index contributed by atoms with van der Waals surface area (Å²) >= 11 is 0. The lowest BCUT2D eigenvalue weighted by Gasteiger charge is -2.13. The molecule has 7 heteroatoms. The summed E-state index contributed by atoms with van der Waals surface area (Å²) in [7, 11) is 3.41. The number of carbonyl (C=O) groups excluding carboxylic acids is 1. The standard InChI is InChI=1S/C18H28N4O2.HI/c1-19-18(20-10-11-24-2)21-13-14-6-5-9-16(12-14)22-17(23)15-7-3-4-8-15;/h5-6,9,12,15H,3-4,7-8,10-11,13H2,1-2H3,(H,22,23)(H2,19,20,21);1H. The van der Waals surface area contributed by atoms with Crippen LogP contribution >= 0.6 is 24.0 Å². The molecule has 0 aromatic heterocycles. The topological polar surface area (TPSA) is 74.8 Å². The molecule has 1 saturated carbocycles. The number of nitrogens with zero attached hydrogens (tertiary/aromatic N) is 1. The molecule has 0 radical (unpaired) electrons. The molecule has 3 N–H and O–H groups in total. The molecule has 0 heterocycles. The lowest BCUT2D eigenvalue weighted by atomic mass is 10.1. The smallest absolute Gasteiger partial charge is 0.227 e. The van der Waals surface area contributed by atoms with E-state index in [1.165, 1.54) is 0 Å². The predicted octanol–water partition coefficient (Wildman–Crippen LogP) is 2.74. The van der Waals surface area contributed by atoms with Crippen LogP contribution in [0.2, 0.25) is 0 Å². The van der Waals surface area contributed by atoms with Crippen molar-refractivity contribution in [3.8, 4) is 0 Å². The number of benzene rings is 1. The Kier molecular flexibility index (Phi) is 10.5. The first-order valence-corrected chi connectivity index (χ1v) is 8.56. The van der Waals surface area contributed by atoms with Crippen molar-refractivity contribution in [2.24, 2.45) is 10.9 Å². The van der Waals surface area contributed by atoms with Gasteiger partial charge in [0.2, 0.25) is 5.91 Å². The zero-order valence-electron chi connectivity index (χ0n) is 15.0. The Morgan fingerprint density at radius 2 is 2.04 bits per heavy atom. The molecular formula is C18H29IN4O2. The quantitative estimate of drug-likeness (QED) is 0.253. The minimum Gasteiger partial charge on any atom is -0.383 e. The summed E-state index contributed by atoms with van der Waals surface area (Å²) in [5, 5.41) is 9.46. The Balaban J connectivity index is 0.00000312. The van der Waals surface area contributed by atoms with Crippen molar-refractivity contribution in [3.05, 3.63) is 29.8 Å². The Labute approximate surface area is 167 Å². The molecule has 6 nitrogen and oxygen atoms in total. The van der Waals surface area contributed by atoms with E-state index in [-0.39, 0.29) is 35.8 Å². The maximum absolute atomic E-state index is 12.2. The predicted molar refractivity (Wildman–Crippen MR) is 113 cm³/mol. The number of halogens is 1. The van der Waals surface area contributed by atoms with Crippen molar-refractivity contribution in [3.63, 3.8) is 0 Å². The molecule has 0 bridgehead atoms. The van der Waals surface area contributed by atoms with Gasteiger partial charge >= 0.3 is 0 Å². The Bertz CT molecular complexity index is 560. The van der Waals surface area contributed by atoms with Gasteiger partial charge < -0.3 is 20.7 Å². The lowest BCUT2D eigenvalue weighted by Crippen LogP contribution is -2.38. The van der Waals surface area contributed by atoms with Crippen LogP contribution < -0.4 is 16.0 Å². The fraction of sp³-hybridized carbons (Fsp3) is 0.556. The second kappa shape index (κ2) is 12.1. The zero-order chi connectivity index (χ0) is 17.2. The Hall–Kier alpha value is -1.35. The molecule has 1 aliphatic rings. The second-order valence-corrected chi connectivity index (χ2v) is 6.02. The van der Waals surface area contributed by atoms with Crippen LogP contribution in [0.15, 0.2) is 29.3 Å². The van der Waals surface area contributed by atoms with Crippen molar-refractivity contribution in [1.82, 2.24) is 10.6 Å². The Morgan fingerprint density at radius 1 is 1.28 bits per heavy atom. The first-order valence-electron chi connectivity index (χ1n) is 8.56. The summed E-state index contributed by atoms with van der Waals surface area (Å²) < 4.78 is 5.01. The van der Waals surface area contributed by atoms with Crippen LogP contribution in [0.4, 0.5) is 5.69 Å². The minimum atomic E-state index is 0. The number of rotatable bonds is 7. The maximum Gasteiger partial charge on any atom is 0.227 e. The third kappa shape index (κ3) is 7.60. The number of amides is 1. The zero-order valence-corrected chi connectivity index (χ0v) is 17.3. The second-order valence-electron chi connectivity index (χ2n) is 6.02. The van der Waals surface area contributed by atoms with Crippen LogP contribution in [0.1, 0.15) is 31.2 Å². The molecule has 1 amide bonds. The molecule has 0 atom stereocenters. The van der Waals surface area contributed by atoms with Crippen molar-refractivity contribution in [2.45, 2.75) is 32.2 Å². The first-order chi connectivity index (χ1) is 11.7. The number of hydrogen-bond acceptors (Lipinski definition) is 3. The summed E-state index contributed by atoms with van der Waals surface area (Å²) in [6.45, 7) is 1.97. The normalized spacial score (nSPS) is 14.7. The van der Waals surface area contributed by atoms with E-state index in [1.54, 1.807) is 14.2 Å². The third-order valence-corrected chi connectivity index (χ3v) is 4.20. The van der Waals surface area contributed by atoms with Crippen LogP contribution in [0.25, 0.3) is 0 Å². The number of aliphatic imine (C=N–C) groups is 1. The summed E-state index contributed by atoms with van der Waals surface area (Å²) in [5.41, 5.74) is 1.95. The fourth-order valence-electron chi connectivity index (χ4n) is 2.87. The van der Waals surface area contributed by atoms with Gasteiger partial charge in [0.05, 0.1) is 6.61 Å². The molecule has 0 spiro atoms. The molecule has 140 valence electrons. The summed E-state index contributed by atoms with van der Waals surface area (Å²) in [6.07, 6.45) is 4.35. The van der Waals surface area contributed by atoms with Gasteiger partial charge in [-0.2, -0.15) is 0 Å². The van der Waals surface area contributed by atoms with E-state index >= 15 is 0 Å². The molecule has 1 aromatic carbocycles. The number of anilines is 1. The van der Waals surface area contributed by atoms with E-state index in [0.717, 1.165) is 42.9 Å². The minimum absolute atomic E-state index is 0. The van der Waals surface area contributed by atoms with E-state index in [0.29, 0.717) is 19.7 Å². The highest BCUT2D eigenvalue weighted by atomic mass is 127. The highest BCUT2D eigenvalue weighted by Gasteiger charge is 2.22. The molecule has 25 heavy (non-hydrogen) atoms. The average Bonchev–Trinajstić information content (AvgIpc) is 3.13. The van der Waals surface area contributed by atoms with Gasteiger partial charge in [0.1, 0.15) is 0 Å². The van der Waals surface area contributed by atoms with E-state index in [2.05, 4.69) is 20.9 Å². The number of guanidine groups is 1. The summed E-state index contributed by atoms with van der Waals surface area (Å²) in [4.78, 5) is 16.4. The van der Waals surface area contributed by atoms with Gasteiger partial charge in [0, 0.05) is 38.9 Å². The molecule has 2 rings (SSSR count). The van der Waals surface area contributed by atoms with Gasteiger partial charge in [-0.1, -0.05) is 25.0 Å². The number of nitrogens with one attached hydrogen (secondary N) is 3. The van der Waals surface area contributed by atoms with Gasteiger partial charge in [-0.25, -0.2) is 0 Å². The van der Waals surface area contributed by atoms with Crippen LogP contribution in [0, 0.1) is 5.92 Å². The van der Waals surface area contributed by atoms with Gasteiger partial charge in [0.25, 0.3) is 0 Å². The lowest BCUT2D eigenvalue weighted by molar-refractivity contribution is -0.119. The van der Waals surface area contributed by atoms with E-state index in [1.807, 2.05) is 24.3 Å². The summed E-state index contributed by atoms with van der Waals surface area (Å²) in [5.74, 6) is 1.05. The highest BCUT2D eigenvalue weighted by Crippen LogP contribution is 2.26. The van der Waals surface area contributed by atoms with Crippen molar-refractivity contribution < 1.29 is 9.53 Å². The van der Waals surface area contributed by atoms with E-state index < -0.39 is 0 Å². The van der Waals surface area contributed by atoms with Gasteiger partial charge in [0.15, 0.2) is 5.96 Å². The van der Waals surface area contributed by atoms with Crippen LogP contribution in [0.5, 0.6) is 0 Å². The first kappa shape index (κ1) is 21.7. The molecule has 1 fully saturated rings. The van der Waals surface area contributed by atoms with Crippen molar-refractivity contribution in [2.75, 3.05) is 32.6 Å². The largest absolute Gasteiger partial charge is 0.383 e. The number of hydrogen-bond donors (Lipinski definition) is 3. The van der Waals surface area contributed by atoms with Gasteiger partial charge in [-0.15, -0.1) is 24.0 Å². The molecular weight excluding hydrogens is 431 g/mol. The van der Waals surface area contributed by atoms with Crippen LogP contribution in [-0.4, -0.2) is 39.2 Å².